The Morgan fingerprint density at radius 3 is 2.50 bits per heavy atom. The first-order valence-corrected chi connectivity index (χ1v) is 9.56. The van der Waals surface area contributed by atoms with E-state index in [0.29, 0.717) is 18.2 Å². The zero-order chi connectivity index (χ0) is 21.1. The van der Waals surface area contributed by atoms with Crippen LogP contribution in [0.4, 0.5) is 0 Å². The van der Waals surface area contributed by atoms with Gasteiger partial charge in [0, 0.05) is 24.9 Å². The van der Waals surface area contributed by atoms with Gasteiger partial charge in [0.05, 0.1) is 18.0 Å². The van der Waals surface area contributed by atoms with Crippen molar-refractivity contribution in [2.75, 3.05) is 6.61 Å². The molecule has 0 saturated carbocycles. The Balaban J connectivity index is 1.54. The number of hydrogen-bond acceptors (Lipinski definition) is 6. The molecular weight excluding hydrogens is 384 g/mol. The molecule has 0 N–H and O–H groups in total. The van der Waals surface area contributed by atoms with E-state index in [2.05, 4.69) is 15.5 Å². The van der Waals surface area contributed by atoms with Gasteiger partial charge in [-0.1, -0.05) is 12.1 Å². The number of tetrazole rings is 1. The summed E-state index contributed by atoms with van der Waals surface area (Å²) in [5.41, 5.74) is 3.04. The summed E-state index contributed by atoms with van der Waals surface area (Å²) in [4.78, 5) is 12.3. The Bertz CT molecular complexity index is 1210. The zero-order valence-electron chi connectivity index (χ0n) is 17.0. The van der Waals surface area contributed by atoms with Crippen LogP contribution in [0.25, 0.3) is 11.4 Å². The molecule has 0 bridgehead atoms. The minimum Gasteiger partial charge on any atom is -0.494 e. The highest BCUT2D eigenvalue weighted by Crippen LogP contribution is 2.21. The highest BCUT2D eigenvalue weighted by Gasteiger charge is 2.14. The van der Waals surface area contributed by atoms with Crippen LogP contribution < -0.4 is 15.2 Å². The molecule has 4 aromatic rings. The lowest BCUT2D eigenvalue weighted by atomic mass is 10.1. The summed E-state index contributed by atoms with van der Waals surface area (Å²) >= 11 is 0. The molecule has 2 aromatic heterocycles. The molecule has 0 aliphatic heterocycles. The molecule has 2 heterocycles. The first-order chi connectivity index (χ1) is 14.6. The average molecular weight is 406 g/mol. The first kappa shape index (κ1) is 19.4. The highest BCUT2D eigenvalue weighted by molar-refractivity contribution is 5.44. The summed E-state index contributed by atoms with van der Waals surface area (Å²) in [6.07, 6.45) is 1.83. The number of benzene rings is 2. The Labute approximate surface area is 173 Å². The summed E-state index contributed by atoms with van der Waals surface area (Å²) < 4.78 is 15.6. The molecular formula is C21H22N6O3. The van der Waals surface area contributed by atoms with Crippen molar-refractivity contribution in [2.45, 2.75) is 20.5 Å². The molecule has 2 aromatic carbocycles. The second-order valence-electron chi connectivity index (χ2n) is 6.68. The van der Waals surface area contributed by atoms with Crippen molar-refractivity contribution >= 4 is 0 Å². The predicted octanol–water partition coefficient (Wildman–Crippen LogP) is 2.44. The van der Waals surface area contributed by atoms with Crippen molar-refractivity contribution in [3.63, 3.8) is 0 Å². The maximum atomic E-state index is 12.3. The molecule has 4 rings (SSSR count). The number of aryl methyl sites for hydroxylation is 2. The smallest absolute Gasteiger partial charge is 0.368 e. The van der Waals surface area contributed by atoms with E-state index in [9.17, 15) is 4.79 Å². The third-order valence-electron chi connectivity index (χ3n) is 4.68. The van der Waals surface area contributed by atoms with E-state index in [4.69, 9.17) is 9.47 Å². The molecule has 0 saturated heterocycles. The van der Waals surface area contributed by atoms with Crippen molar-refractivity contribution in [3.8, 4) is 23.0 Å². The molecule has 0 amide bonds. The molecule has 30 heavy (non-hydrogen) atoms. The van der Waals surface area contributed by atoms with E-state index < -0.39 is 0 Å². The predicted molar refractivity (Wildman–Crippen MR) is 110 cm³/mol. The van der Waals surface area contributed by atoms with Gasteiger partial charge in [0.15, 0.2) is 0 Å². The summed E-state index contributed by atoms with van der Waals surface area (Å²) in [7, 11) is 1.56. The van der Waals surface area contributed by atoms with Crippen molar-refractivity contribution in [2.24, 2.45) is 7.05 Å². The Morgan fingerprint density at radius 2 is 1.80 bits per heavy atom. The summed E-state index contributed by atoms with van der Waals surface area (Å²) in [5, 5.41) is 12.2. The van der Waals surface area contributed by atoms with E-state index in [0.717, 1.165) is 22.6 Å². The molecule has 154 valence electrons. The van der Waals surface area contributed by atoms with E-state index >= 15 is 0 Å². The largest absolute Gasteiger partial charge is 0.494 e. The van der Waals surface area contributed by atoms with Gasteiger partial charge < -0.3 is 9.47 Å². The topological polar surface area (TPSA) is 89.0 Å². The van der Waals surface area contributed by atoms with Gasteiger partial charge in [-0.05, 0) is 60.2 Å². The van der Waals surface area contributed by atoms with Crippen molar-refractivity contribution < 1.29 is 9.47 Å². The van der Waals surface area contributed by atoms with E-state index in [-0.39, 0.29) is 12.3 Å². The van der Waals surface area contributed by atoms with Gasteiger partial charge in [-0.15, -0.1) is 5.10 Å². The molecule has 0 aliphatic carbocycles. The molecule has 0 spiro atoms. The number of hydrogen-bond donors (Lipinski definition) is 0. The SMILES string of the molecule is CCOc1ccc(-n2ccc(OCc3c(C)cccc3-n3nnn(C)c3=O)n2)cc1. The molecule has 0 aliphatic rings. The monoisotopic (exact) mass is 406 g/mol. The standard InChI is InChI=1S/C21H22N6O3/c1-4-29-17-10-8-16(9-11-17)26-13-12-20(22-26)30-14-18-15(2)6-5-7-19(18)27-21(28)25(3)23-24-27/h5-13H,4,14H2,1-3H3. The van der Waals surface area contributed by atoms with Crippen LogP contribution >= 0.6 is 0 Å². The van der Waals surface area contributed by atoms with Gasteiger partial charge in [0.1, 0.15) is 12.4 Å². The third-order valence-corrected chi connectivity index (χ3v) is 4.68. The van der Waals surface area contributed by atoms with E-state index in [1.54, 1.807) is 17.8 Å². The average Bonchev–Trinajstić information content (AvgIpc) is 3.35. The Hall–Kier alpha value is -3.88. The van der Waals surface area contributed by atoms with Crippen LogP contribution in [0.2, 0.25) is 0 Å². The van der Waals surface area contributed by atoms with Crippen molar-refractivity contribution in [1.82, 2.24) is 29.6 Å². The Kier molecular flexibility index (Phi) is 5.34. The second-order valence-corrected chi connectivity index (χ2v) is 6.68. The fourth-order valence-corrected chi connectivity index (χ4v) is 3.07. The van der Waals surface area contributed by atoms with Crippen LogP contribution in [-0.2, 0) is 13.7 Å². The van der Waals surface area contributed by atoms with Gasteiger partial charge in [0.25, 0.3) is 0 Å². The van der Waals surface area contributed by atoms with Gasteiger partial charge in [0.2, 0.25) is 5.88 Å². The lowest BCUT2D eigenvalue weighted by molar-refractivity contribution is 0.290. The minimum atomic E-state index is -0.318. The van der Waals surface area contributed by atoms with Gasteiger partial charge in [-0.25, -0.2) is 9.48 Å². The number of nitrogens with zero attached hydrogens (tertiary/aromatic N) is 6. The number of aromatic nitrogens is 6. The number of rotatable bonds is 7. The van der Waals surface area contributed by atoms with Crippen LogP contribution in [0.5, 0.6) is 11.6 Å². The number of ether oxygens (including phenoxy) is 2. The lowest BCUT2D eigenvalue weighted by Crippen LogP contribution is -2.23. The van der Waals surface area contributed by atoms with Gasteiger partial charge in [-0.3, -0.25) is 0 Å². The quantitative estimate of drug-likeness (QED) is 0.468. The fourth-order valence-electron chi connectivity index (χ4n) is 3.07. The van der Waals surface area contributed by atoms with Crippen LogP contribution in [0, 0.1) is 6.92 Å². The molecule has 0 radical (unpaired) electrons. The van der Waals surface area contributed by atoms with Crippen molar-refractivity contribution in [1.29, 1.82) is 0 Å². The second kappa shape index (κ2) is 8.24. The molecule has 0 unspecified atom stereocenters. The van der Waals surface area contributed by atoms with Crippen LogP contribution in [0.1, 0.15) is 18.1 Å². The lowest BCUT2D eigenvalue weighted by Gasteiger charge is -2.11. The molecule has 0 atom stereocenters. The van der Waals surface area contributed by atoms with Crippen LogP contribution in [-0.4, -0.2) is 36.2 Å². The minimum absolute atomic E-state index is 0.241. The van der Waals surface area contributed by atoms with Crippen LogP contribution in [0.15, 0.2) is 59.5 Å². The zero-order valence-corrected chi connectivity index (χ0v) is 17.0. The highest BCUT2D eigenvalue weighted by atomic mass is 16.5. The summed E-state index contributed by atoms with van der Waals surface area (Å²) in [6, 6.07) is 15.1. The van der Waals surface area contributed by atoms with Gasteiger partial charge in [-0.2, -0.15) is 9.36 Å². The van der Waals surface area contributed by atoms with E-state index in [1.165, 1.54) is 9.36 Å². The maximum Gasteiger partial charge on any atom is 0.368 e. The van der Waals surface area contributed by atoms with E-state index in [1.807, 2.05) is 62.5 Å². The molecule has 9 nitrogen and oxygen atoms in total. The maximum absolute atomic E-state index is 12.3. The summed E-state index contributed by atoms with van der Waals surface area (Å²) in [6.45, 7) is 4.78. The fraction of sp³-hybridized carbons (Fsp3) is 0.238. The normalized spacial score (nSPS) is 10.9. The third kappa shape index (κ3) is 3.82. The van der Waals surface area contributed by atoms with Crippen LogP contribution in [0.3, 0.4) is 0 Å². The van der Waals surface area contributed by atoms with Crippen molar-refractivity contribution in [3.05, 3.63) is 76.3 Å². The molecule has 0 fully saturated rings. The van der Waals surface area contributed by atoms with Gasteiger partial charge >= 0.3 is 5.69 Å². The Morgan fingerprint density at radius 1 is 1.00 bits per heavy atom. The summed E-state index contributed by atoms with van der Waals surface area (Å²) in [5.74, 6) is 1.29. The molecule has 9 heteroatoms. The first-order valence-electron chi connectivity index (χ1n) is 9.56.